The lowest BCUT2D eigenvalue weighted by molar-refractivity contribution is -0.112. The predicted molar refractivity (Wildman–Crippen MR) is 78.7 cm³/mol. The number of carbonyl (C=O) groups is 2. The molecule has 112 valence electrons. The van der Waals surface area contributed by atoms with E-state index in [1.807, 2.05) is 0 Å². The van der Waals surface area contributed by atoms with Crippen LogP contribution in [0.2, 0.25) is 0 Å². The second kappa shape index (κ2) is 14.3. The molecule has 0 bridgehead atoms. The lowest BCUT2D eigenvalue weighted by Gasteiger charge is -2.04. The number of rotatable bonds is 14. The van der Waals surface area contributed by atoms with Gasteiger partial charge < -0.3 is 4.74 Å². The molecule has 0 aliphatic heterocycles. The standard InChI is InChI=1S/C14H24Cl2O3/c15-13(17)9-5-3-1-2-4-7-11-19-12-8-6-10-14(16)18/h1-12H2. The highest BCUT2D eigenvalue weighted by Crippen LogP contribution is 2.08. The second-order valence-corrected chi connectivity index (χ2v) is 5.49. The number of hydrogen-bond acceptors (Lipinski definition) is 3. The Bertz CT molecular complexity index is 221. The zero-order chi connectivity index (χ0) is 14.3. The smallest absolute Gasteiger partial charge is 0.221 e. The third-order valence-corrected chi connectivity index (χ3v) is 3.20. The van der Waals surface area contributed by atoms with Crippen molar-refractivity contribution in [2.45, 2.75) is 64.2 Å². The number of unbranched alkanes of at least 4 members (excludes halogenated alkanes) is 6. The molecule has 0 N–H and O–H groups in total. The van der Waals surface area contributed by atoms with Gasteiger partial charge in [-0.25, -0.2) is 0 Å². The van der Waals surface area contributed by atoms with Crippen molar-refractivity contribution in [3.05, 3.63) is 0 Å². The Kier molecular flexibility index (Phi) is 14.2. The quantitative estimate of drug-likeness (QED) is 0.352. The van der Waals surface area contributed by atoms with Crippen LogP contribution in [0.3, 0.4) is 0 Å². The summed E-state index contributed by atoms with van der Waals surface area (Å²) in [6.07, 6.45) is 9.18. The van der Waals surface area contributed by atoms with Gasteiger partial charge in [-0.3, -0.25) is 9.59 Å². The summed E-state index contributed by atoms with van der Waals surface area (Å²) >= 11 is 10.5. The Morgan fingerprint density at radius 1 is 0.632 bits per heavy atom. The third-order valence-electron chi connectivity index (χ3n) is 2.82. The molecule has 0 aromatic rings. The van der Waals surface area contributed by atoms with Crippen LogP contribution < -0.4 is 0 Å². The van der Waals surface area contributed by atoms with Gasteiger partial charge in [0.1, 0.15) is 0 Å². The van der Waals surface area contributed by atoms with Gasteiger partial charge in [0, 0.05) is 26.1 Å². The summed E-state index contributed by atoms with van der Waals surface area (Å²) in [5.41, 5.74) is 0. The van der Waals surface area contributed by atoms with Crippen molar-refractivity contribution in [2.75, 3.05) is 13.2 Å². The van der Waals surface area contributed by atoms with Crippen LogP contribution in [-0.2, 0) is 14.3 Å². The molecular formula is C14H24Cl2O3. The zero-order valence-corrected chi connectivity index (χ0v) is 13.0. The average molecular weight is 311 g/mol. The number of ether oxygens (including phenoxy) is 1. The molecular weight excluding hydrogens is 287 g/mol. The second-order valence-electron chi connectivity index (χ2n) is 4.65. The summed E-state index contributed by atoms with van der Waals surface area (Å²) in [6, 6.07) is 0. The van der Waals surface area contributed by atoms with Crippen LogP contribution in [0.25, 0.3) is 0 Å². The largest absolute Gasteiger partial charge is 0.381 e. The van der Waals surface area contributed by atoms with Gasteiger partial charge in [0.2, 0.25) is 10.5 Å². The molecule has 0 heterocycles. The van der Waals surface area contributed by atoms with Crippen molar-refractivity contribution in [2.24, 2.45) is 0 Å². The van der Waals surface area contributed by atoms with Gasteiger partial charge in [0.15, 0.2) is 0 Å². The molecule has 3 nitrogen and oxygen atoms in total. The lowest BCUT2D eigenvalue weighted by Crippen LogP contribution is -1.98. The zero-order valence-electron chi connectivity index (χ0n) is 11.5. The Balaban J connectivity index is 2.99. The van der Waals surface area contributed by atoms with E-state index in [0.717, 1.165) is 51.6 Å². The minimum Gasteiger partial charge on any atom is -0.381 e. The highest BCUT2D eigenvalue weighted by Gasteiger charge is 1.97. The van der Waals surface area contributed by atoms with Crippen LogP contribution in [0.15, 0.2) is 0 Å². The summed E-state index contributed by atoms with van der Waals surface area (Å²) in [5, 5.41) is -0.500. The van der Waals surface area contributed by atoms with Crippen molar-refractivity contribution < 1.29 is 14.3 Å². The normalized spacial score (nSPS) is 10.6. The first kappa shape index (κ1) is 18.9. The first-order valence-corrected chi connectivity index (χ1v) is 7.83. The van der Waals surface area contributed by atoms with E-state index >= 15 is 0 Å². The number of hydrogen-bond donors (Lipinski definition) is 0. The fourth-order valence-corrected chi connectivity index (χ4v) is 2.01. The van der Waals surface area contributed by atoms with Crippen LogP contribution >= 0.6 is 23.2 Å². The molecule has 0 radical (unpaired) electrons. The van der Waals surface area contributed by atoms with Gasteiger partial charge in [-0.15, -0.1) is 0 Å². The molecule has 0 spiro atoms. The van der Waals surface area contributed by atoms with E-state index in [4.69, 9.17) is 27.9 Å². The molecule has 0 unspecified atom stereocenters. The van der Waals surface area contributed by atoms with Crippen LogP contribution in [0.5, 0.6) is 0 Å². The van der Waals surface area contributed by atoms with Crippen LogP contribution in [-0.4, -0.2) is 23.7 Å². The minimum atomic E-state index is -0.268. The minimum absolute atomic E-state index is 0.232. The van der Waals surface area contributed by atoms with Gasteiger partial charge >= 0.3 is 0 Å². The SMILES string of the molecule is O=C(Cl)CCCCCCCCOCCCCC(=O)Cl. The molecule has 0 fully saturated rings. The van der Waals surface area contributed by atoms with Crippen LogP contribution in [0, 0.1) is 0 Å². The Morgan fingerprint density at radius 3 is 1.53 bits per heavy atom. The molecule has 5 heteroatoms. The molecule has 0 aromatic carbocycles. The maximum Gasteiger partial charge on any atom is 0.221 e. The Morgan fingerprint density at radius 2 is 1.00 bits per heavy atom. The molecule has 19 heavy (non-hydrogen) atoms. The third kappa shape index (κ3) is 17.9. The highest BCUT2D eigenvalue weighted by molar-refractivity contribution is 6.63. The first-order chi connectivity index (χ1) is 9.13. The molecule has 0 aliphatic carbocycles. The Hall–Kier alpha value is -0.120. The lowest BCUT2D eigenvalue weighted by atomic mass is 10.1. The summed E-state index contributed by atoms with van der Waals surface area (Å²) in [4.78, 5) is 20.9. The van der Waals surface area contributed by atoms with Gasteiger partial charge in [-0.1, -0.05) is 25.7 Å². The van der Waals surface area contributed by atoms with Gasteiger partial charge in [0.05, 0.1) is 0 Å². The van der Waals surface area contributed by atoms with Gasteiger partial charge in [0.25, 0.3) is 0 Å². The summed E-state index contributed by atoms with van der Waals surface area (Å²) in [6.45, 7) is 1.50. The fourth-order valence-electron chi connectivity index (χ4n) is 1.75. The monoisotopic (exact) mass is 310 g/mol. The van der Waals surface area contributed by atoms with Crippen molar-refractivity contribution in [3.8, 4) is 0 Å². The van der Waals surface area contributed by atoms with Gasteiger partial charge in [-0.05, 0) is 48.9 Å². The van der Waals surface area contributed by atoms with Crippen molar-refractivity contribution in [1.29, 1.82) is 0 Å². The maximum atomic E-state index is 10.5. The Labute approximate surface area is 126 Å². The predicted octanol–water partition coefficient (Wildman–Crippen LogP) is 4.43. The van der Waals surface area contributed by atoms with Crippen LogP contribution in [0.4, 0.5) is 0 Å². The topological polar surface area (TPSA) is 43.4 Å². The summed E-state index contributed by atoms with van der Waals surface area (Å²) < 4.78 is 5.46. The fraction of sp³-hybridized carbons (Fsp3) is 0.857. The van der Waals surface area contributed by atoms with E-state index in [0.29, 0.717) is 19.4 Å². The first-order valence-electron chi connectivity index (χ1n) is 7.07. The van der Waals surface area contributed by atoms with Crippen LogP contribution in [0.1, 0.15) is 64.2 Å². The highest BCUT2D eigenvalue weighted by atomic mass is 35.5. The molecule has 0 aromatic heterocycles. The molecule has 0 atom stereocenters. The average Bonchev–Trinajstić information content (AvgIpc) is 2.34. The molecule has 0 aliphatic rings. The molecule has 0 amide bonds. The van der Waals surface area contributed by atoms with E-state index in [1.54, 1.807) is 0 Å². The molecule has 0 saturated heterocycles. The van der Waals surface area contributed by atoms with Crippen molar-refractivity contribution in [3.63, 3.8) is 0 Å². The van der Waals surface area contributed by atoms with Crippen molar-refractivity contribution in [1.82, 2.24) is 0 Å². The number of halogens is 2. The summed E-state index contributed by atoms with van der Waals surface area (Å²) in [7, 11) is 0. The molecule has 0 rings (SSSR count). The van der Waals surface area contributed by atoms with E-state index in [2.05, 4.69) is 0 Å². The van der Waals surface area contributed by atoms with Crippen molar-refractivity contribution >= 4 is 33.7 Å². The van der Waals surface area contributed by atoms with E-state index in [9.17, 15) is 9.59 Å². The van der Waals surface area contributed by atoms with Gasteiger partial charge in [-0.2, -0.15) is 0 Å². The van der Waals surface area contributed by atoms with E-state index in [1.165, 1.54) is 6.42 Å². The van der Waals surface area contributed by atoms with E-state index in [-0.39, 0.29) is 10.5 Å². The van der Waals surface area contributed by atoms with E-state index < -0.39 is 0 Å². The number of carbonyl (C=O) groups excluding carboxylic acids is 2. The summed E-state index contributed by atoms with van der Waals surface area (Å²) in [5.74, 6) is 0. The maximum absolute atomic E-state index is 10.5. The molecule has 0 saturated carbocycles.